The van der Waals surface area contributed by atoms with Crippen molar-refractivity contribution in [2.75, 3.05) is 0 Å². The van der Waals surface area contributed by atoms with Gasteiger partial charge in [0, 0.05) is 11.8 Å². The van der Waals surface area contributed by atoms with Crippen molar-refractivity contribution in [3.8, 4) is 0 Å². The van der Waals surface area contributed by atoms with Crippen LogP contribution in [0.4, 0.5) is 4.39 Å². The molecule has 0 saturated carbocycles. The smallest absolute Gasteiger partial charge is 0.123 e. The molecular formula is C12H14FN. The number of rotatable bonds is 0. The number of fused-ring (bicyclic) bond motifs is 1. The maximum absolute atomic E-state index is 13.3. The highest BCUT2D eigenvalue weighted by molar-refractivity contribution is 5.87. The molecule has 1 aromatic carbocycles. The molecule has 1 heterocycles. The van der Waals surface area contributed by atoms with Crippen LogP contribution in [-0.2, 0) is 12.0 Å². The summed E-state index contributed by atoms with van der Waals surface area (Å²) in [6.07, 6.45) is 1.86. The van der Waals surface area contributed by atoms with Crippen LogP contribution in [0.3, 0.4) is 0 Å². The van der Waals surface area contributed by atoms with Gasteiger partial charge in [-0.15, -0.1) is 0 Å². The summed E-state index contributed by atoms with van der Waals surface area (Å²) >= 11 is 0. The van der Waals surface area contributed by atoms with Gasteiger partial charge < -0.3 is 0 Å². The molecule has 0 radical (unpaired) electrons. The second kappa shape index (κ2) is 2.91. The van der Waals surface area contributed by atoms with Crippen LogP contribution in [0.1, 0.15) is 37.5 Å². The monoisotopic (exact) mass is 191 g/mol. The molecule has 2 rings (SSSR count). The van der Waals surface area contributed by atoms with Crippen LogP contribution in [0.2, 0.25) is 0 Å². The number of hydrogen-bond acceptors (Lipinski definition) is 1. The van der Waals surface area contributed by atoms with E-state index < -0.39 is 0 Å². The molecule has 14 heavy (non-hydrogen) atoms. The first-order valence-electron chi connectivity index (χ1n) is 4.81. The first-order valence-corrected chi connectivity index (χ1v) is 4.81. The molecule has 0 spiro atoms. The maximum Gasteiger partial charge on any atom is 0.123 e. The Morgan fingerprint density at radius 2 is 2.00 bits per heavy atom. The standard InChI is InChI=1S/C12H14FN/c1-12(2,3)11-5-9(13)4-8-6-14-7-10(8)11/h4-5,7H,6H2,1-3H3. The third-order valence-electron chi connectivity index (χ3n) is 2.52. The van der Waals surface area contributed by atoms with Gasteiger partial charge in [-0.25, -0.2) is 4.39 Å². The van der Waals surface area contributed by atoms with Crippen LogP contribution in [0, 0.1) is 5.82 Å². The average Bonchev–Trinajstić information content (AvgIpc) is 2.47. The molecular weight excluding hydrogens is 177 g/mol. The van der Waals surface area contributed by atoms with Crippen LogP contribution in [0.25, 0.3) is 0 Å². The second-order valence-corrected chi connectivity index (χ2v) is 4.75. The van der Waals surface area contributed by atoms with Crippen molar-refractivity contribution in [1.29, 1.82) is 0 Å². The van der Waals surface area contributed by atoms with Crippen molar-refractivity contribution < 1.29 is 4.39 Å². The lowest BCUT2D eigenvalue weighted by molar-refractivity contribution is 0.570. The Balaban J connectivity index is 2.65. The van der Waals surface area contributed by atoms with E-state index in [0.717, 1.165) is 16.7 Å². The summed E-state index contributed by atoms with van der Waals surface area (Å²) in [7, 11) is 0. The highest BCUT2D eigenvalue weighted by Crippen LogP contribution is 2.30. The van der Waals surface area contributed by atoms with E-state index >= 15 is 0 Å². The van der Waals surface area contributed by atoms with E-state index in [0.29, 0.717) is 6.54 Å². The normalized spacial score (nSPS) is 14.6. The molecule has 0 fully saturated rings. The zero-order valence-corrected chi connectivity index (χ0v) is 8.76. The molecule has 0 saturated heterocycles. The fourth-order valence-corrected chi connectivity index (χ4v) is 1.81. The molecule has 0 atom stereocenters. The van der Waals surface area contributed by atoms with Gasteiger partial charge in [0.15, 0.2) is 0 Å². The van der Waals surface area contributed by atoms with E-state index in [1.807, 2.05) is 6.21 Å². The van der Waals surface area contributed by atoms with Crippen LogP contribution >= 0.6 is 0 Å². The number of hydrogen-bond donors (Lipinski definition) is 0. The lowest BCUT2D eigenvalue weighted by Gasteiger charge is -2.21. The molecule has 0 unspecified atom stereocenters. The maximum atomic E-state index is 13.3. The predicted octanol–water partition coefficient (Wildman–Crippen LogP) is 3.06. The van der Waals surface area contributed by atoms with Gasteiger partial charge >= 0.3 is 0 Å². The summed E-state index contributed by atoms with van der Waals surface area (Å²) < 4.78 is 13.3. The Hall–Kier alpha value is -1.18. The summed E-state index contributed by atoms with van der Waals surface area (Å²) in [5.41, 5.74) is 3.14. The Kier molecular flexibility index (Phi) is 1.95. The molecule has 0 bridgehead atoms. The fourth-order valence-electron chi connectivity index (χ4n) is 1.81. The second-order valence-electron chi connectivity index (χ2n) is 4.75. The van der Waals surface area contributed by atoms with Gasteiger partial charge in [-0.05, 0) is 28.7 Å². The summed E-state index contributed by atoms with van der Waals surface area (Å²) in [6, 6.07) is 3.20. The largest absolute Gasteiger partial charge is 0.288 e. The van der Waals surface area contributed by atoms with Crippen molar-refractivity contribution in [3.05, 3.63) is 34.6 Å². The van der Waals surface area contributed by atoms with E-state index in [4.69, 9.17) is 0 Å². The van der Waals surface area contributed by atoms with E-state index in [1.54, 1.807) is 12.1 Å². The average molecular weight is 191 g/mol. The minimum absolute atomic E-state index is 0.0253. The highest BCUT2D eigenvalue weighted by atomic mass is 19.1. The predicted molar refractivity (Wildman–Crippen MR) is 56.4 cm³/mol. The van der Waals surface area contributed by atoms with Crippen molar-refractivity contribution in [2.24, 2.45) is 4.99 Å². The molecule has 1 aromatic rings. The van der Waals surface area contributed by atoms with Crippen molar-refractivity contribution in [2.45, 2.75) is 32.7 Å². The number of aliphatic imine (C=N–C) groups is 1. The molecule has 0 N–H and O–H groups in total. The zero-order chi connectivity index (χ0) is 10.3. The van der Waals surface area contributed by atoms with E-state index in [1.165, 1.54) is 0 Å². The van der Waals surface area contributed by atoms with Gasteiger partial charge in [-0.1, -0.05) is 20.8 Å². The van der Waals surface area contributed by atoms with Crippen LogP contribution in [0.15, 0.2) is 17.1 Å². The van der Waals surface area contributed by atoms with Gasteiger partial charge in [0.2, 0.25) is 0 Å². The van der Waals surface area contributed by atoms with Gasteiger partial charge in [0.1, 0.15) is 5.82 Å². The fraction of sp³-hybridized carbons (Fsp3) is 0.417. The molecule has 74 valence electrons. The summed E-state index contributed by atoms with van der Waals surface area (Å²) in [5, 5.41) is 0. The van der Waals surface area contributed by atoms with Crippen molar-refractivity contribution in [3.63, 3.8) is 0 Å². The molecule has 1 aliphatic rings. The minimum atomic E-state index is -0.154. The Bertz CT molecular complexity index is 400. The van der Waals surface area contributed by atoms with Crippen LogP contribution in [0.5, 0.6) is 0 Å². The number of nitrogens with zero attached hydrogens (tertiary/aromatic N) is 1. The Morgan fingerprint density at radius 3 is 2.64 bits per heavy atom. The highest BCUT2D eigenvalue weighted by Gasteiger charge is 2.22. The van der Waals surface area contributed by atoms with Crippen molar-refractivity contribution in [1.82, 2.24) is 0 Å². The number of benzene rings is 1. The summed E-state index contributed by atoms with van der Waals surface area (Å²) in [6.45, 7) is 6.90. The van der Waals surface area contributed by atoms with Crippen LogP contribution in [-0.4, -0.2) is 6.21 Å². The molecule has 2 heteroatoms. The Morgan fingerprint density at radius 1 is 1.29 bits per heavy atom. The lowest BCUT2D eigenvalue weighted by Crippen LogP contribution is -2.15. The van der Waals surface area contributed by atoms with E-state index in [9.17, 15) is 4.39 Å². The van der Waals surface area contributed by atoms with E-state index in [-0.39, 0.29) is 11.2 Å². The first-order chi connectivity index (χ1) is 6.48. The van der Waals surface area contributed by atoms with Gasteiger partial charge in [0.05, 0.1) is 6.54 Å². The molecule has 0 amide bonds. The quantitative estimate of drug-likeness (QED) is 0.597. The van der Waals surface area contributed by atoms with E-state index in [2.05, 4.69) is 25.8 Å². The Labute approximate surface area is 83.7 Å². The first kappa shape index (κ1) is 9.38. The van der Waals surface area contributed by atoms with Gasteiger partial charge in [0.25, 0.3) is 0 Å². The SMILES string of the molecule is CC(C)(C)c1cc(F)cc2c1C=NC2. The molecule has 1 aliphatic heterocycles. The molecule has 1 nitrogen and oxygen atoms in total. The molecule has 0 aliphatic carbocycles. The zero-order valence-electron chi connectivity index (χ0n) is 8.76. The lowest BCUT2D eigenvalue weighted by atomic mass is 9.83. The molecule has 0 aromatic heterocycles. The number of halogens is 1. The van der Waals surface area contributed by atoms with Crippen molar-refractivity contribution >= 4 is 6.21 Å². The third kappa shape index (κ3) is 1.45. The summed E-state index contributed by atoms with van der Waals surface area (Å²) in [5.74, 6) is -0.154. The minimum Gasteiger partial charge on any atom is -0.288 e. The van der Waals surface area contributed by atoms with Crippen LogP contribution < -0.4 is 0 Å². The van der Waals surface area contributed by atoms with Gasteiger partial charge in [-0.2, -0.15) is 0 Å². The third-order valence-corrected chi connectivity index (χ3v) is 2.52. The topological polar surface area (TPSA) is 12.4 Å². The summed E-state index contributed by atoms with van der Waals surface area (Å²) in [4.78, 5) is 4.17. The van der Waals surface area contributed by atoms with Gasteiger partial charge in [-0.3, -0.25) is 4.99 Å².